The first kappa shape index (κ1) is 13.1. The molecule has 3 N–H and O–H groups in total. The molecule has 104 valence electrons. The molecule has 0 aliphatic carbocycles. The predicted octanol–water partition coefficient (Wildman–Crippen LogP) is 1.37. The highest BCUT2D eigenvalue weighted by atomic mass is 32.1. The van der Waals surface area contributed by atoms with Crippen LogP contribution in [0.25, 0.3) is 0 Å². The van der Waals surface area contributed by atoms with Crippen molar-refractivity contribution < 1.29 is 5.11 Å². The lowest BCUT2D eigenvalue weighted by molar-refractivity contribution is 0.221. The van der Waals surface area contributed by atoms with E-state index in [2.05, 4.69) is 15.3 Å². The second kappa shape index (κ2) is 5.60. The van der Waals surface area contributed by atoms with Crippen molar-refractivity contribution in [1.82, 2.24) is 20.2 Å². The number of aromatic nitrogens is 2. The van der Waals surface area contributed by atoms with Gasteiger partial charge in [0.05, 0.1) is 24.4 Å². The molecule has 0 aromatic carbocycles. The van der Waals surface area contributed by atoms with Gasteiger partial charge in [-0.05, 0) is 36.5 Å². The molecule has 0 spiro atoms. The Hall–Kier alpha value is -1.92. The third-order valence-corrected chi connectivity index (χ3v) is 3.83. The SMILES string of the molecule is OCCN1C(=S)N[C@@H](c2ccccn2)[C@H]1c1ccc[nH]1. The fourth-order valence-electron chi connectivity index (χ4n) is 2.62. The van der Waals surface area contributed by atoms with Crippen LogP contribution < -0.4 is 5.32 Å². The van der Waals surface area contributed by atoms with Crippen LogP contribution in [-0.4, -0.2) is 38.2 Å². The standard InChI is InChI=1S/C14H16N4OS/c19-9-8-18-13(11-5-3-7-16-11)12(17-14(18)20)10-4-1-2-6-15-10/h1-7,12-13,16,19H,8-9H2,(H,17,20)/t12-,13+/m0/s1. The molecule has 2 atom stereocenters. The van der Waals surface area contributed by atoms with Crippen molar-refractivity contribution in [2.24, 2.45) is 0 Å². The summed E-state index contributed by atoms with van der Waals surface area (Å²) in [5.41, 5.74) is 2.00. The molecular formula is C14H16N4OS. The molecule has 3 heterocycles. The molecule has 2 aromatic heterocycles. The number of hydrogen-bond acceptors (Lipinski definition) is 3. The Balaban J connectivity index is 1.99. The number of pyridine rings is 1. The first-order valence-electron chi connectivity index (χ1n) is 6.53. The summed E-state index contributed by atoms with van der Waals surface area (Å²) in [6.07, 6.45) is 3.67. The zero-order chi connectivity index (χ0) is 13.9. The molecule has 3 rings (SSSR count). The quantitative estimate of drug-likeness (QED) is 0.742. The van der Waals surface area contributed by atoms with E-state index in [1.165, 1.54) is 0 Å². The zero-order valence-electron chi connectivity index (χ0n) is 10.9. The second-order valence-corrected chi connectivity index (χ2v) is 5.06. The molecule has 1 fully saturated rings. The number of nitrogens with zero attached hydrogens (tertiary/aromatic N) is 2. The molecule has 1 aliphatic heterocycles. The van der Waals surface area contributed by atoms with Gasteiger partial charge in [0.25, 0.3) is 0 Å². The number of H-pyrrole nitrogens is 1. The van der Waals surface area contributed by atoms with E-state index in [-0.39, 0.29) is 18.7 Å². The Bertz CT molecular complexity index is 572. The summed E-state index contributed by atoms with van der Waals surface area (Å²) < 4.78 is 0. The first-order chi connectivity index (χ1) is 9.81. The average molecular weight is 288 g/mol. The van der Waals surface area contributed by atoms with Crippen LogP contribution in [0.5, 0.6) is 0 Å². The lowest BCUT2D eigenvalue weighted by Gasteiger charge is -2.26. The lowest BCUT2D eigenvalue weighted by atomic mass is 10.0. The molecule has 0 bridgehead atoms. The number of rotatable bonds is 4. The van der Waals surface area contributed by atoms with Gasteiger partial charge in [0.2, 0.25) is 0 Å². The van der Waals surface area contributed by atoms with E-state index >= 15 is 0 Å². The molecule has 5 nitrogen and oxygen atoms in total. The van der Waals surface area contributed by atoms with Crippen LogP contribution in [0.2, 0.25) is 0 Å². The summed E-state index contributed by atoms with van der Waals surface area (Å²) in [5.74, 6) is 0. The number of aromatic amines is 1. The van der Waals surface area contributed by atoms with E-state index in [1.807, 2.05) is 41.4 Å². The maximum atomic E-state index is 9.26. The Morgan fingerprint density at radius 3 is 2.85 bits per heavy atom. The van der Waals surface area contributed by atoms with Gasteiger partial charge >= 0.3 is 0 Å². The van der Waals surface area contributed by atoms with Gasteiger partial charge in [-0.1, -0.05) is 6.07 Å². The van der Waals surface area contributed by atoms with Gasteiger partial charge < -0.3 is 20.3 Å². The van der Waals surface area contributed by atoms with Crippen LogP contribution in [-0.2, 0) is 0 Å². The van der Waals surface area contributed by atoms with Gasteiger partial charge in [-0.15, -0.1) is 0 Å². The van der Waals surface area contributed by atoms with Crippen molar-refractivity contribution in [3.8, 4) is 0 Å². The van der Waals surface area contributed by atoms with Crippen molar-refractivity contribution in [2.75, 3.05) is 13.2 Å². The normalized spacial score (nSPS) is 22.1. The van der Waals surface area contributed by atoms with Gasteiger partial charge in [-0.2, -0.15) is 0 Å². The highest BCUT2D eigenvalue weighted by molar-refractivity contribution is 7.80. The summed E-state index contributed by atoms with van der Waals surface area (Å²) >= 11 is 5.40. The van der Waals surface area contributed by atoms with Crippen LogP contribution >= 0.6 is 12.2 Å². The lowest BCUT2D eigenvalue weighted by Crippen LogP contribution is -2.32. The van der Waals surface area contributed by atoms with E-state index in [9.17, 15) is 5.11 Å². The number of aliphatic hydroxyl groups is 1. The highest BCUT2D eigenvalue weighted by Crippen LogP contribution is 2.37. The molecule has 0 radical (unpaired) electrons. The summed E-state index contributed by atoms with van der Waals surface area (Å²) in [7, 11) is 0. The number of β-amino-alcohol motifs (C(OH)–C–C–N with tert-alkyl or cyclic N) is 1. The molecule has 0 unspecified atom stereocenters. The molecule has 0 saturated carbocycles. The Morgan fingerprint density at radius 2 is 2.20 bits per heavy atom. The molecule has 0 amide bonds. The van der Waals surface area contributed by atoms with Gasteiger partial charge in [0, 0.05) is 24.6 Å². The van der Waals surface area contributed by atoms with Crippen molar-refractivity contribution in [3.63, 3.8) is 0 Å². The molecule has 6 heteroatoms. The topological polar surface area (TPSA) is 64.2 Å². The molecule has 20 heavy (non-hydrogen) atoms. The Labute approximate surface area is 122 Å². The van der Waals surface area contributed by atoms with Crippen LogP contribution in [0, 0.1) is 0 Å². The predicted molar refractivity (Wildman–Crippen MR) is 80.0 cm³/mol. The smallest absolute Gasteiger partial charge is 0.170 e. The fourth-order valence-corrected chi connectivity index (χ4v) is 2.95. The third-order valence-electron chi connectivity index (χ3n) is 3.48. The summed E-state index contributed by atoms with van der Waals surface area (Å²) in [6.45, 7) is 0.562. The third kappa shape index (κ3) is 2.28. The maximum absolute atomic E-state index is 9.26. The van der Waals surface area contributed by atoms with E-state index in [0.29, 0.717) is 11.7 Å². The van der Waals surface area contributed by atoms with Gasteiger partial charge in [0.15, 0.2) is 5.11 Å². The zero-order valence-corrected chi connectivity index (χ0v) is 11.7. The van der Waals surface area contributed by atoms with E-state index < -0.39 is 0 Å². The highest BCUT2D eigenvalue weighted by Gasteiger charge is 2.39. The largest absolute Gasteiger partial charge is 0.395 e. The van der Waals surface area contributed by atoms with Crippen LogP contribution in [0.4, 0.5) is 0 Å². The minimum absolute atomic E-state index is 0.0135. The van der Waals surface area contributed by atoms with Gasteiger partial charge in [-0.3, -0.25) is 4.98 Å². The first-order valence-corrected chi connectivity index (χ1v) is 6.94. The fraction of sp³-hybridized carbons (Fsp3) is 0.286. The minimum atomic E-state index is -0.0195. The minimum Gasteiger partial charge on any atom is -0.395 e. The van der Waals surface area contributed by atoms with Crippen LogP contribution in [0.15, 0.2) is 42.7 Å². The summed E-state index contributed by atoms with van der Waals surface area (Å²) in [6, 6.07) is 9.83. The van der Waals surface area contributed by atoms with Crippen LogP contribution in [0.1, 0.15) is 23.5 Å². The average Bonchev–Trinajstić information content (AvgIpc) is 3.09. The van der Waals surface area contributed by atoms with Crippen LogP contribution in [0.3, 0.4) is 0 Å². The number of hydrogen-bond donors (Lipinski definition) is 3. The summed E-state index contributed by atoms with van der Waals surface area (Å²) in [4.78, 5) is 9.66. The monoisotopic (exact) mass is 288 g/mol. The Morgan fingerprint density at radius 1 is 1.30 bits per heavy atom. The number of thiocarbonyl (C=S) groups is 1. The summed E-state index contributed by atoms with van der Waals surface area (Å²) in [5, 5.41) is 13.2. The number of aliphatic hydroxyl groups excluding tert-OH is 1. The van der Waals surface area contributed by atoms with Crippen molar-refractivity contribution in [3.05, 3.63) is 54.1 Å². The van der Waals surface area contributed by atoms with E-state index in [0.717, 1.165) is 11.4 Å². The van der Waals surface area contributed by atoms with Gasteiger partial charge in [0.1, 0.15) is 0 Å². The number of nitrogens with one attached hydrogen (secondary N) is 2. The van der Waals surface area contributed by atoms with E-state index in [1.54, 1.807) is 6.20 Å². The Kier molecular flexibility index (Phi) is 3.66. The second-order valence-electron chi connectivity index (χ2n) is 4.67. The molecule has 1 saturated heterocycles. The van der Waals surface area contributed by atoms with Crippen molar-refractivity contribution in [1.29, 1.82) is 0 Å². The van der Waals surface area contributed by atoms with Crippen molar-refractivity contribution in [2.45, 2.75) is 12.1 Å². The van der Waals surface area contributed by atoms with Gasteiger partial charge in [-0.25, -0.2) is 0 Å². The van der Waals surface area contributed by atoms with E-state index in [4.69, 9.17) is 12.2 Å². The molecule has 2 aromatic rings. The molecular weight excluding hydrogens is 272 g/mol. The van der Waals surface area contributed by atoms with Crippen molar-refractivity contribution >= 4 is 17.3 Å². The maximum Gasteiger partial charge on any atom is 0.170 e. The molecule has 1 aliphatic rings.